The third-order valence-electron chi connectivity index (χ3n) is 4.62. The number of aromatic hydroxyl groups is 1. The van der Waals surface area contributed by atoms with Gasteiger partial charge in [0.05, 0.1) is 17.9 Å². The van der Waals surface area contributed by atoms with E-state index >= 15 is 0 Å². The largest absolute Gasteiger partial charge is 0.508 e. The summed E-state index contributed by atoms with van der Waals surface area (Å²) in [5, 5.41) is 18.3. The van der Waals surface area contributed by atoms with Crippen molar-refractivity contribution >= 4 is 21.4 Å². The quantitative estimate of drug-likeness (QED) is 0.503. The van der Waals surface area contributed by atoms with E-state index in [0.717, 1.165) is 33.5 Å². The molecule has 0 saturated heterocycles. The van der Waals surface area contributed by atoms with Crippen molar-refractivity contribution in [2.24, 2.45) is 0 Å². The number of fused-ring (bicyclic) bond motifs is 1. The zero-order valence-electron chi connectivity index (χ0n) is 15.4. The van der Waals surface area contributed by atoms with E-state index in [1.807, 2.05) is 36.5 Å². The van der Waals surface area contributed by atoms with Crippen molar-refractivity contribution in [1.82, 2.24) is 14.6 Å². The van der Waals surface area contributed by atoms with E-state index in [1.54, 1.807) is 22.9 Å². The van der Waals surface area contributed by atoms with Crippen LogP contribution in [0.2, 0.25) is 0 Å². The Bertz CT molecular complexity index is 1120. The molecule has 1 aliphatic heterocycles. The van der Waals surface area contributed by atoms with Gasteiger partial charge in [0.25, 0.3) is 0 Å². The average molecular weight is 406 g/mol. The van der Waals surface area contributed by atoms with Crippen LogP contribution in [-0.4, -0.2) is 32.5 Å². The van der Waals surface area contributed by atoms with Crippen molar-refractivity contribution in [2.75, 3.05) is 12.1 Å². The molecule has 2 aromatic carbocycles. The predicted molar refractivity (Wildman–Crippen MR) is 111 cm³/mol. The van der Waals surface area contributed by atoms with E-state index in [-0.39, 0.29) is 18.6 Å². The Labute approximate surface area is 170 Å². The van der Waals surface area contributed by atoms with Crippen molar-refractivity contribution in [2.45, 2.75) is 12.5 Å². The Kier molecular flexibility index (Phi) is 4.53. The standard InChI is InChI=1S/C21H18N4O3S/c26-16-8-6-15(7-9-16)18-11-25-21(23-18)29-20(24-25)22-17(19-12-27-13-28-19)10-14-4-2-1-3-5-14/h1-9,11-12,17,26H,10,13H2,(H,22,24). The number of nitrogens with one attached hydrogen (secondary N) is 1. The molecule has 4 aromatic rings. The predicted octanol–water partition coefficient (Wildman–Crippen LogP) is 4.03. The van der Waals surface area contributed by atoms with Crippen molar-refractivity contribution in [3.05, 3.63) is 78.4 Å². The highest BCUT2D eigenvalue weighted by molar-refractivity contribution is 7.20. The fraction of sp³-hybridized carbons (Fsp3) is 0.143. The van der Waals surface area contributed by atoms with Crippen LogP contribution in [-0.2, 0) is 15.9 Å². The lowest BCUT2D eigenvalue weighted by molar-refractivity contribution is 0.0764. The first-order chi connectivity index (χ1) is 14.2. The Balaban J connectivity index is 1.38. The molecule has 1 unspecified atom stereocenters. The van der Waals surface area contributed by atoms with E-state index in [1.165, 1.54) is 16.9 Å². The molecule has 3 heterocycles. The van der Waals surface area contributed by atoms with Crippen LogP contribution < -0.4 is 5.32 Å². The number of rotatable bonds is 6. The molecular weight excluding hydrogens is 388 g/mol. The number of imidazole rings is 1. The molecule has 0 fully saturated rings. The highest BCUT2D eigenvalue weighted by Gasteiger charge is 2.22. The van der Waals surface area contributed by atoms with Crippen molar-refractivity contribution in [1.29, 1.82) is 0 Å². The van der Waals surface area contributed by atoms with Crippen LogP contribution >= 0.6 is 11.3 Å². The molecular formula is C21H18N4O3S. The Hall–Kier alpha value is -3.52. The van der Waals surface area contributed by atoms with Gasteiger partial charge in [0.15, 0.2) is 5.76 Å². The van der Waals surface area contributed by atoms with Gasteiger partial charge in [0.1, 0.15) is 12.0 Å². The maximum Gasteiger partial charge on any atom is 0.229 e. The molecule has 0 saturated carbocycles. The van der Waals surface area contributed by atoms with E-state index in [4.69, 9.17) is 9.47 Å². The third-order valence-corrected chi connectivity index (χ3v) is 5.48. The van der Waals surface area contributed by atoms with Crippen LogP contribution in [0.5, 0.6) is 5.75 Å². The first-order valence-electron chi connectivity index (χ1n) is 9.15. The highest BCUT2D eigenvalue weighted by atomic mass is 32.1. The van der Waals surface area contributed by atoms with Gasteiger partial charge in [-0.05, 0) is 36.2 Å². The van der Waals surface area contributed by atoms with Gasteiger partial charge in [0, 0.05) is 5.56 Å². The van der Waals surface area contributed by atoms with E-state index in [2.05, 4.69) is 27.5 Å². The Morgan fingerprint density at radius 1 is 1.14 bits per heavy atom. The maximum absolute atomic E-state index is 9.45. The molecule has 0 amide bonds. The second-order valence-electron chi connectivity index (χ2n) is 6.64. The third kappa shape index (κ3) is 3.74. The summed E-state index contributed by atoms with van der Waals surface area (Å²) in [6.45, 7) is 0.236. The van der Waals surface area contributed by atoms with Crippen molar-refractivity contribution in [3.63, 3.8) is 0 Å². The van der Waals surface area contributed by atoms with Gasteiger partial charge in [-0.1, -0.05) is 41.7 Å². The van der Waals surface area contributed by atoms with E-state index in [9.17, 15) is 5.11 Å². The lowest BCUT2D eigenvalue weighted by Crippen LogP contribution is -2.25. The molecule has 5 rings (SSSR count). The summed E-state index contributed by atoms with van der Waals surface area (Å²) in [5.74, 6) is 0.989. The molecule has 29 heavy (non-hydrogen) atoms. The summed E-state index contributed by atoms with van der Waals surface area (Å²) in [6, 6.07) is 17.1. The lowest BCUT2D eigenvalue weighted by Gasteiger charge is -2.17. The number of phenols is 1. The fourth-order valence-electron chi connectivity index (χ4n) is 3.19. The minimum Gasteiger partial charge on any atom is -0.508 e. The molecule has 2 N–H and O–H groups in total. The van der Waals surface area contributed by atoms with E-state index < -0.39 is 0 Å². The zero-order valence-corrected chi connectivity index (χ0v) is 16.2. The van der Waals surface area contributed by atoms with Gasteiger partial charge in [-0.3, -0.25) is 0 Å². The lowest BCUT2D eigenvalue weighted by atomic mass is 10.1. The summed E-state index contributed by atoms with van der Waals surface area (Å²) in [6.07, 6.45) is 4.28. The normalized spacial score (nSPS) is 14.3. The van der Waals surface area contributed by atoms with Gasteiger partial charge in [0.2, 0.25) is 16.9 Å². The summed E-state index contributed by atoms with van der Waals surface area (Å²) in [5.41, 5.74) is 2.93. The number of hydrogen-bond donors (Lipinski definition) is 2. The second kappa shape index (κ2) is 7.48. The number of hydrogen-bond acceptors (Lipinski definition) is 7. The Morgan fingerprint density at radius 3 is 2.69 bits per heavy atom. The van der Waals surface area contributed by atoms with E-state index in [0.29, 0.717) is 0 Å². The summed E-state index contributed by atoms with van der Waals surface area (Å²) < 4.78 is 12.6. The van der Waals surface area contributed by atoms with Gasteiger partial charge < -0.3 is 19.9 Å². The summed E-state index contributed by atoms with van der Waals surface area (Å²) in [7, 11) is 0. The smallest absolute Gasteiger partial charge is 0.229 e. The minimum atomic E-state index is -0.0904. The number of phenolic OH excluding ortho intramolecular Hbond substituents is 1. The van der Waals surface area contributed by atoms with Crippen LogP contribution in [0.15, 0.2) is 72.8 Å². The monoisotopic (exact) mass is 406 g/mol. The Morgan fingerprint density at radius 2 is 1.97 bits per heavy atom. The van der Waals surface area contributed by atoms with Crippen LogP contribution in [0.3, 0.4) is 0 Å². The first kappa shape index (κ1) is 17.6. The fourth-order valence-corrected chi connectivity index (χ4v) is 4.02. The number of ether oxygens (including phenoxy) is 2. The molecule has 1 aliphatic rings. The average Bonchev–Trinajstić information content (AvgIpc) is 3.45. The van der Waals surface area contributed by atoms with Crippen LogP contribution in [0.1, 0.15) is 5.56 Å². The van der Waals surface area contributed by atoms with Crippen molar-refractivity contribution in [3.8, 4) is 17.0 Å². The summed E-state index contributed by atoms with van der Waals surface area (Å²) >= 11 is 1.47. The van der Waals surface area contributed by atoms with Crippen molar-refractivity contribution < 1.29 is 14.6 Å². The SMILES string of the molecule is Oc1ccc(-c2cn3nc(NC(Cc4ccccc4)C4=COCO4)sc3n2)cc1. The van der Waals surface area contributed by atoms with Gasteiger partial charge in [-0.2, -0.15) is 0 Å². The molecule has 146 valence electrons. The van der Waals surface area contributed by atoms with Crippen LogP contribution in [0.4, 0.5) is 5.13 Å². The molecule has 0 spiro atoms. The molecule has 0 bridgehead atoms. The minimum absolute atomic E-state index is 0.0904. The van der Waals surface area contributed by atoms with Gasteiger partial charge in [-0.25, -0.2) is 9.50 Å². The topological polar surface area (TPSA) is 80.9 Å². The number of nitrogens with zero attached hydrogens (tertiary/aromatic N) is 3. The molecule has 2 aromatic heterocycles. The number of benzene rings is 2. The van der Waals surface area contributed by atoms with Crippen LogP contribution in [0.25, 0.3) is 16.2 Å². The molecule has 8 heteroatoms. The van der Waals surface area contributed by atoms with Crippen LogP contribution in [0, 0.1) is 0 Å². The zero-order chi connectivity index (χ0) is 19.6. The maximum atomic E-state index is 9.45. The molecule has 1 atom stereocenters. The van der Waals surface area contributed by atoms with Gasteiger partial charge >= 0.3 is 0 Å². The van der Waals surface area contributed by atoms with Gasteiger partial charge in [-0.15, -0.1) is 5.10 Å². The second-order valence-corrected chi connectivity index (χ2v) is 7.60. The summed E-state index contributed by atoms with van der Waals surface area (Å²) in [4.78, 5) is 5.43. The molecule has 0 aliphatic carbocycles. The molecule has 7 nitrogen and oxygen atoms in total. The molecule has 0 radical (unpaired) electrons. The number of aromatic nitrogens is 3. The highest BCUT2D eigenvalue weighted by Crippen LogP contribution is 2.27. The number of anilines is 1. The first-order valence-corrected chi connectivity index (χ1v) is 9.97.